The number of hydrogen-bond donors (Lipinski definition) is 1. The smallest absolute Gasteiger partial charge is 0.229 e. The molecule has 0 aliphatic carbocycles. The highest BCUT2D eigenvalue weighted by molar-refractivity contribution is 7.84. The molecule has 0 bridgehead atoms. The van der Waals surface area contributed by atoms with E-state index in [1.165, 1.54) is 6.42 Å². The molecule has 1 spiro atoms. The normalized spacial score (nSPS) is 20.6. The van der Waals surface area contributed by atoms with Crippen LogP contribution in [0.4, 0.5) is 0 Å². The van der Waals surface area contributed by atoms with Crippen LogP contribution in [0.3, 0.4) is 0 Å². The van der Waals surface area contributed by atoms with E-state index < -0.39 is 10.8 Å². The molecular formula is C19H30N2O2S. The zero-order chi connectivity index (χ0) is 17.6. The van der Waals surface area contributed by atoms with E-state index in [0.717, 1.165) is 49.4 Å². The Morgan fingerprint density at radius 3 is 2.25 bits per heavy atom. The van der Waals surface area contributed by atoms with Gasteiger partial charge < -0.3 is 10.2 Å². The van der Waals surface area contributed by atoms with Gasteiger partial charge in [0.15, 0.2) is 0 Å². The molecule has 1 N–H and O–H groups in total. The summed E-state index contributed by atoms with van der Waals surface area (Å²) in [7, 11) is -0.945. The fraction of sp³-hybridized carbons (Fsp3) is 0.632. The highest BCUT2D eigenvalue weighted by Crippen LogP contribution is 2.40. The summed E-state index contributed by atoms with van der Waals surface area (Å²) in [4.78, 5) is 15.5. The number of amides is 1. The third-order valence-electron chi connectivity index (χ3n) is 4.79. The molecule has 1 unspecified atom stereocenters. The standard InChI is InChI=1S/C16H22N2O2S.C3H8/c1-21(20)14-4-2-13(3-5-14)12-18-11-8-16(15(18)19)6-9-17-10-7-16;1-3-2/h2-5,17H,6-12H2,1H3;3H2,1-2H3. The Hall–Kier alpha value is -1.20. The largest absolute Gasteiger partial charge is 0.338 e. The average molecular weight is 351 g/mol. The van der Waals surface area contributed by atoms with Gasteiger partial charge in [-0.05, 0) is 50.0 Å². The first-order valence-electron chi connectivity index (χ1n) is 8.95. The van der Waals surface area contributed by atoms with Gasteiger partial charge in [0.2, 0.25) is 5.91 Å². The van der Waals surface area contributed by atoms with Crippen LogP contribution in [0.1, 0.15) is 45.1 Å². The lowest BCUT2D eigenvalue weighted by Crippen LogP contribution is -2.42. The van der Waals surface area contributed by atoms with Crippen molar-refractivity contribution in [3.8, 4) is 0 Å². The summed E-state index contributed by atoms with van der Waals surface area (Å²) in [6.07, 6.45) is 5.86. The van der Waals surface area contributed by atoms with E-state index in [4.69, 9.17) is 0 Å². The molecule has 1 atom stereocenters. The van der Waals surface area contributed by atoms with Crippen molar-refractivity contribution >= 4 is 16.7 Å². The SMILES string of the molecule is CCC.CS(=O)c1ccc(CN2CCC3(CCNCC3)C2=O)cc1. The number of carbonyl (C=O) groups excluding carboxylic acids is 1. The summed E-state index contributed by atoms with van der Waals surface area (Å²) in [6.45, 7) is 7.69. The molecule has 0 saturated carbocycles. The zero-order valence-corrected chi connectivity index (χ0v) is 16.0. The van der Waals surface area contributed by atoms with Crippen molar-refractivity contribution in [2.24, 2.45) is 5.41 Å². The zero-order valence-electron chi connectivity index (χ0n) is 15.1. The molecule has 2 saturated heterocycles. The average Bonchev–Trinajstić information content (AvgIpc) is 2.86. The van der Waals surface area contributed by atoms with Gasteiger partial charge in [-0.3, -0.25) is 9.00 Å². The van der Waals surface area contributed by atoms with Crippen molar-refractivity contribution < 1.29 is 9.00 Å². The van der Waals surface area contributed by atoms with Crippen molar-refractivity contribution in [1.82, 2.24) is 10.2 Å². The lowest BCUT2D eigenvalue weighted by atomic mass is 9.78. The predicted molar refractivity (Wildman–Crippen MR) is 99.3 cm³/mol. The summed E-state index contributed by atoms with van der Waals surface area (Å²) < 4.78 is 11.4. The van der Waals surface area contributed by atoms with Gasteiger partial charge in [-0.15, -0.1) is 0 Å². The maximum absolute atomic E-state index is 12.7. The lowest BCUT2D eigenvalue weighted by molar-refractivity contribution is -0.137. The number of nitrogens with one attached hydrogen (secondary N) is 1. The summed E-state index contributed by atoms with van der Waals surface area (Å²) in [6, 6.07) is 7.76. The van der Waals surface area contributed by atoms with Crippen LogP contribution in [0.5, 0.6) is 0 Å². The van der Waals surface area contributed by atoms with Gasteiger partial charge in [0, 0.05) is 35.0 Å². The number of hydrogen-bond acceptors (Lipinski definition) is 3. The maximum atomic E-state index is 12.7. The number of carbonyl (C=O) groups is 1. The topological polar surface area (TPSA) is 49.4 Å². The molecule has 2 fully saturated rings. The second-order valence-electron chi connectivity index (χ2n) is 6.81. The minimum Gasteiger partial charge on any atom is -0.338 e. The van der Waals surface area contributed by atoms with E-state index in [2.05, 4.69) is 19.2 Å². The van der Waals surface area contributed by atoms with Gasteiger partial charge in [-0.25, -0.2) is 0 Å². The molecule has 5 heteroatoms. The Morgan fingerprint density at radius 2 is 1.71 bits per heavy atom. The predicted octanol–water partition coefficient (Wildman–Crippen LogP) is 2.94. The van der Waals surface area contributed by atoms with Crippen molar-refractivity contribution in [3.63, 3.8) is 0 Å². The maximum Gasteiger partial charge on any atom is 0.229 e. The van der Waals surface area contributed by atoms with Gasteiger partial charge >= 0.3 is 0 Å². The summed E-state index contributed by atoms with van der Waals surface area (Å²) >= 11 is 0. The third kappa shape index (κ3) is 4.45. The number of nitrogens with zero attached hydrogens (tertiary/aromatic N) is 1. The third-order valence-corrected chi connectivity index (χ3v) is 5.73. The first-order valence-corrected chi connectivity index (χ1v) is 10.5. The highest BCUT2D eigenvalue weighted by Gasteiger charge is 2.46. The Balaban J connectivity index is 0.000000647. The van der Waals surface area contributed by atoms with Gasteiger partial charge in [0.25, 0.3) is 0 Å². The Bertz CT molecular complexity index is 565. The molecule has 134 valence electrons. The Kier molecular flexibility index (Phi) is 6.99. The van der Waals surface area contributed by atoms with E-state index in [1.807, 2.05) is 29.2 Å². The van der Waals surface area contributed by atoms with Crippen molar-refractivity contribution in [3.05, 3.63) is 29.8 Å². The quantitative estimate of drug-likeness (QED) is 0.912. The van der Waals surface area contributed by atoms with E-state index >= 15 is 0 Å². The van der Waals surface area contributed by atoms with Gasteiger partial charge in [0.05, 0.1) is 5.41 Å². The molecular weight excluding hydrogens is 320 g/mol. The molecule has 1 amide bonds. The summed E-state index contributed by atoms with van der Waals surface area (Å²) in [5, 5.41) is 3.34. The van der Waals surface area contributed by atoms with Crippen LogP contribution in [0.15, 0.2) is 29.2 Å². The van der Waals surface area contributed by atoms with Crippen molar-refractivity contribution in [2.75, 3.05) is 25.9 Å². The number of rotatable bonds is 3. The molecule has 2 aliphatic heterocycles. The summed E-state index contributed by atoms with van der Waals surface area (Å²) in [5.41, 5.74) is 1.01. The Morgan fingerprint density at radius 1 is 1.12 bits per heavy atom. The van der Waals surface area contributed by atoms with Crippen LogP contribution in [-0.2, 0) is 22.1 Å². The van der Waals surface area contributed by atoms with Gasteiger partial charge in [-0.1, -0.05) is 32.4 Å². The first-order chi connectivity index (χ1) is 11.5. The molecule has 4 nitrogen and oxygen atoms in total. The van der Waals surface area contributed by atoms with E-state index in [-0.39, 0.29) is 5.41 Å². The highest BCUT2D eigenvalue weighted by atomic mass is 32.2. The number of likely N-dealkylation sites (tertiary alicyclic amines) is 1. The monoisotopic (exact) mass is 350 g/mol. The Labute approximate surface area is 148 Å². The van der Waals surface area contributed by atoms with Gasteiger partial charge in [0.1, 0.15) is 0 Å². The number of piperidine rings is 1. The van der Waals surface area contributed by atoms with Crippen molar-refractivity contribution in [2.45, 2.75) is 51.0 Å². The van der Waals surface area contributed by atoms with Crippen LogP contribution in [0, 0.1) is 5.41 Å². The second kappa shape index (κ2) is 8.77. The second-order valence-corrected chi connectivity index (χ2v) is 8.19. The minimum atomic E-state index is -0.945. The molecule has 2 aliphatic rings. The molecule has 2 heterocycles. The van der Waals surface area contributed by atoms with Crippen molar-refractivity contribution in [1.29, 1.82) is 0 Å². The summed E-state index contributed by atoms with van der Waals surface area (Å²) in [5.74, 6) is 0.326. The molecule has 24 heavy (non-hydrogen) atoms. The molecule has 3 rings (SSSR count). The molecule has 0 radical (unpaired) electrons. The van der Waals surface area contributed by atoms with Crippen LogP contribution < -0.4 is 5.32 Å². The molecule has 0 aromatic heterocycles. The first kappa shape index (κ1) is 19.1. The molecule has 1 aromatic rings. The fourth-order valence-electron chi connectivity index (χ4n) is 3.42. The van der Waals surface area contributed by atoms with Gasteiger partial charge in [-0.2, -0.15) is 0 Å². The van der Waals surface area contributed by atoms with Crippen LogP contribution >= 0.6 is 0 Å². The van der Waals surface area contributed by atoms with E-state index in [0.29, 0.717) is 12.5 Å². The molecule has 1 aromatic carbocycles. The van der Waals surface area contributed by atoms with E-state index in [9.17, 15) is 9.00 Å². The van der Waals surface area contributed by atoms with Crippen LogP contribution in [0.2, 0.25) is 0 Å². The van der Waals surface area contributed by atoms with Crippen LogP contribution in [-0.4, -0.2) is 40.9 Å². The minimum absolute atomic E-state index is 0.101. The van der Waals surface area contributed by atoms with E-state index in [1.54, 1.807) is 6.26 Å². The lowest BCUT2D eigenvalue weighted by Gasteiger charge is -2.32. The fourth-order valence-corrected chi connectivity index (χ4v) is 3.94. The van der Waals surface area contributed by atoms with Crippen LogP contribution in [0.25, 0.3) is 0 Å². The number of benzene rings is 1.